The van der Waals surface area contributed by atoms with Crippen molar-refractivity contribution in [2.75, 3.05) is 18.4 Å². The van der Waals surface area contributed by atoms with Gasteiger partial charge in [-0.25, -0.2) is 0 Å². The van der Waals surface area contributed by atoms with E-state index < -0.39 is 0 Å². The number of carbonyl (C=O) groups is 2. The highest BCUT2D eigenvalue weighted by Crippen LogP contribution is 2.34. The van der Waals surface area contributed by atoms with E-state index in [-0.39, 0.29) is 11.8 Å². The first-order valence-corrected chi connectivity index (χ1v) is 10.6. The number of anilines is 1. The molecule has 2 amide bonds. The van der Waals surface area contributed by atoms with E-state index in [4.69, 9.17) is 0 Å². The first-order valence-electron chi connectivity index (χ1n) is 9.68. The molecule has 2 N–H and O–H groups in total. The van der Waals surface area contributed by atoms with Crippen LogP contribution in [0.3, 0.4) is 0 Å². The fourth-order valence-corrected chi connectivity index (χ4v) is 4.53. The highest BCUT2D eigenvalue weighted by molar-refractivity contribution is 7.10. The van der Waals surface area contributed by atoms with E-state index in [1.807, 2.05) is 12.1 Å². The average Bonchev–Trinajstić information content (AvgIpc) is 3.12. The maximum absolute atomic E-state index is 12.5. The van der Waals surface area contributed by atoms with Crippen molar-refractivity contribution in [3.8, 4) is 0 Å². The summed E-state index contributed by atoms with van der Waals surface area (Å²) in [6.07, 6.45) is 4.85. The highest BCUT2D eigenvalue weighted by Gasteiger charge is 2.27. The minimum Gasteiger partial charge on any atom is -0.349 e. The number of nitrogens with zero attached hydrogens (tertiary/aromatic N) is 1. The third kappa shape index (κ3) is 4.57. The number of para-hydroxylation sites is 1. The lowest BCUT2D eigenvalue weighted by atomic mass is 10.1. The quantitative estimate of drug-likeness (QED) is 0.764. The number of hydrogen-bond donors (Lipinski definition) is 2. The van der Waals surface area contributed by atoms with E-state index in [1.165, 1.54) is 11.3 Å². The minimum absolute atomic E-state index is 0.0431. The zero-order chi connectivity index (χ0) is 18.6. The summed E-state index contributed by atoms with van der Waals surface area (Å²) in [5, 5.41) is 8.03. The van der Waals surface area contributed by atoms with Gasteiger partial charge in [-0.1, -0.05) is 18.2 Å². The molecule has 1 saturated carbocycles. The first-order chi connectivity index (χ1) is 13.2. The lowest BCUT2D eigenvalue weighted by Gasteiger charge is -2.23. The third-order valence-corrected chi connectivity index (χ3v) is 6.19. The van der Waals surface area contributed by atoms with Gasteiger partial charge in [0.25, 0.3) is 5.91 Å². The molecule has 0 spiro atoms. The Balaban J connectivity index is 1.34. The van der Waals surface area contributed by atoms with Crippen molar-refractivity contribution in [2.45, 2.75) is 44.2 Å². The summed E-state index contributed by atoms with van der Waals surface area (Å²) in [7, 11) is 0. The molecular weight excluding hydrogens is 358 g/mol. The molecule has 0 radical (unpaired) electrons. The molecule has 1 saturated heterocycles. The summed E-state index contributed by atoms with van der Waals surface area (Å²) in [4.78, 5) is 28.7. The standard InChI is InChI=1S/C21H25N3O2S/c25-20(11-13-24-12-3-7-18(24)19-8-4-14-27-19)23-17-6-2-1-5-16(17)21(26)22-15-9-10-15/h1-2,4-6,8,14-15,18H,3,7,9-13H2,(H,22,26)(H,23,25)/t18-/m1/s1. The van der Waals surface area contributed by atoms with E-state index in [0.29, 0.717) is 29.8 Å². The number of carbonyl (C=O) groups excluding carboxylic acids is 2. The van der Waals surface area contributed by atoms with Crippen molar-refractivity contribution in [2.24, 2.45) is 0 Å². The van der Waals surface area contributed by atoms with Gasteiger partial charge < -0.3 is 10.6 Å². The second-order valence-electron chi connectivity index (χ2n) is 7.30. The fraction of sp³-hybridized carbons (Fsp3) is 0.429. The molecule has 1 atom stereocenters. The van der Waals surface area contributed by atoms with Crippen molar-refractivity contribution in [1.82, 2.24) is 10.2 Å². The first kappa shape index (κ1) is 18.2. The number of thiophene rings is 1. The van der Waals surface area contributed by atoms with Crippen LogP contribution in [0.4, 0.5) is 5.69 Å². The number of benzene rings is 1. The number of rotatable bonds is 7. The van der Waals surface area contributed by atoms with Gasteiger partial charge in [0, 0.05) is 29.9 Å². The van der Waals surface area contributed by atoms with E-state index in [0.717, 1.165) is 32.4 Å². The van der Waals surface area contributed by atoms with Crippen molar-refractivity contribution < 1.29 is 9.59 Å². The van der Waals surface area contributed by atoms with Crippen LogP contribution in [0.5, 0.6) is 0 Å². The largest absolute Gasteiger partial charge is 0.349 e. The van der Waals surface area contributed by atoms with Gasteiger partial charge in [-0.3, -0.25) is 14.5 Å². The monoisotopic (exact) mass is 383 g/mol. The second kappa shape index (κ2) is 8.23. The average molecular weight is 384 g/mol. The van der Waals surface area contributed by atoms with Gasteiger partial charge in [0.1, 0.15) is 0 Å². The predicted octanol–water partition coefficient (Wildman–Crippen LogP) is 3.81. The Morgan fingerprint density at radius 1 is 1.11 bits per heavy atom. The fourth-order valence-electron chi connectivity index (χ4n) is 3.64. The molecule has 2 aliphatic rings. The summed E-state index contributed by atoms with van der Waals surface area (Å²) < 4.78 is 0. The van der Waals surface area contributed by atoms with Crippen LogP contribution in [0.25, 0.3) is 0 Å². The molecule has 1 aliphatic carbocycles. The van der Waals surface area contributed by atoms with Crippen molar-refractivity contribution in [3.63, 3.8) is 0 Å². The Morgan fingerprint density at radius 2 is 1.96 bits per heavy atom. The van der Waals surface area contributed by atoms with Gasteiger partial charge in [-0.2, -0.15) is 0 Å². The maximum atomic E-state index is 12.5. The minimum atomic E-state index is -0.106. The van der Waals surface area contributed by atoms with Crippen molar-refractivity contribution in [1.29, 1.82) is 0 Å². The summed E-state index contributed by atoms with van der Waals surface area (Å²) in [5.41, 5.74) is 1.13. The van der Waals surface area contributed by atoms with Gasteiger partial charge in [0.05, 0.1) is 11.3 Å². The highest BCUT2D eigenvalue weighted by atomic mass is 32.1. The molecule has 2 heterocycles. The molecule has 5 nitrogen and oxygen atoms in total. The van der Waals surface area contributed by atoms with E-state index in [1.54, 1.807) is 23.5 Å². The zero-order valence-electron chi connectivity index (χ0n) is 15.3. The molecular formula is C21H25N3O2S. The lowest BCUT2D eigenvalue weighted by molar-refractivity contribution is -0.116. The second-order valence-corrected chi connectivity index (χ2v) is 8.28. The smallest absolute Gasteiger partial charge is 0.253 e. The normalized spacial score (nSPS) is 19.8. The molecule has 6 heteroatoms. The van der Waals surface area contributed by atoms with Crippen molar-refractivity contribution in [3.05, 3.63) is 52.2 Å². The van der Waals surface area contributed by atoms with E-state index >= 15 is 0 Å². The van der Waals surface area contributed by atoms with Gasteiger partial charge in [-0.05, 0) is 55.8 Å². The van der Waals surface area contributed by atoms with Crippen LogP contribution in [0.2, 0.25) is 0 Å². The number of amides is 2. The van der Waals surface area contributed by atoms with Crippen LogP contribution in [0, 0.1) is 0 Å². The molecule has 4 rings (SSSR count). The van der Waals surface area contributed by atoms with Crippen LogP contribution >= 0.6 is 11.3 Å². The van der Waals surface area contributed by atoms with Gasteiger partial charge in [0.15, 0.2) is 0 Å². The van der Waals surface area contributed by atoms with Gasteiger partial charge in [0.2, 0.25) is 5.91 Å². The lowest BCUT2D eigenvalue weighted by Crippen LogP contribution is -2.29. The Bertz CT molecular complexity index is 802. The number of nitrogens with one attached hydrogen (secondary N) is 2. The molecule has 1 aromatic heterocycles. The third-order valence-electron chi connectivity index (χ3n) is 5.22. The Morgan fingerprint density at radius 3 is 2.74 bits per heavy atom. The van der Waals surface area contributed by atoms with E-state index in [9.17, 15) is 9.59 Å². The van der Waals surface area contributed by atoms with Gasteiger partial charge >= 0.3 is 0 Å². The zero-order valence-corrected chi connectivity index (χ0v) is 16.1. The number of likely N-dealkylation sites (tertiary alicyclic amines) is 1. The maximum Gasteiger partial charge on any atom is 0.253 e. The molecule has 2 aromatic rings. The van der Waals surface area contributed by atoms with Crippen LogP contribution in [0.1, 0.15) is 53.4 Å². The topological polar surface area (TPSA) is 61.4 Å². The van der Waals surface area contributed by atoms with Crippen LogP contribution in [-0.2, 0) is 4.79 Å². The van der Waals surface area contributed by atoms with Crippen LogP contribution < -0.4 is 10.6 Å². The number of hydrogen-bond acceptors (Lipinski definition) is 4. The van der Waals surface area contributed by atoms with E-state index in [2.05, 4.69) is 33.0 Å². The Hall–Kier alpha value is -2.18. The molecule has 142 valence electrons. The van der Waals surface area contributed by atoms with Crippen LogP contribution in [-0.4, -0.2) is 35.8 Å². The van der Waals surface area contributed by atoms with Crippen molar-refractivity contribution >= 4 is 28.8 Å². The molecule has 27 heavy (non-hydrogen) atoms. The summed E-state index contributed by atoms with van der Waals surface area (Å²) in [6.45, 7) is 1.78. The SMILES string of the molecule is O=C(CCN1CCC[C@@H]1c1cccs1)Nc1ccccc1C(=O)NC1CC1. The molecule has 1 aliphatic heterocycles. The van der Waals surface area contributed by atoms with Gasteiger partial charge in [-0.15, -0.1) is 11.3 Å². The van der Waals surface area contributed by atoms with Crippen LogP contribution in [0.15, 0.2) is 41.8 Å². The molecule has 1 aromatic carbocycles. The molecule has 0 unspecified atom stereocenters. The summed E-state index contributed by atoms with van der Waals surface area (Å²) in [6, 6.07) is 12.2. The summed E-state index contributed by atoms with van der Waals surface area (Å²) >= 11 is 1.79. The molecule has 2 fully saturated rings. The molecule has 0 bridgehead atoms. The Labute approximate surface area is 163 Å². The Kier molecular flexibility index (Phi) is 5.55. The predicted molar refractivity (Wildman–Crippen MR) is 108 cm³/mol. The summed E-state index contributed by atoms with van der Waals surface area (Å²) in [5.74, 6) is -0.149.